The minimum absolute atomic E-state index is 0.0157. The number of benzene rings is 2. The second-order valence-electron chi connectivity index (χ2n) is 8.28. The minimum Gasteiger partial charge on any atom is -0.379 e. The topological polar surface area (TPSA) is 87.7 Å². The van der Waals surface area contributed by atoms with E-state index in [-0.39, 0.29) is 10.8 Å². The van der Waals surface area contributed by atoms with E-state index in [0.717, 1.165) is 69.8 Å². The minimum atomic E-state index is -3.81. The van der Waals surface area contributed by atoms with Crippen LogP contribution in [0.2, 0.25) is 0 Å². The molecule has 0 radical (unpaired) electrons. The molecule has 4 rings (SSSR count). The number of morpholine rings is 1. The Morgan fingerprint density at radius 1 is 1.03 bits per heavy atom. The highest BCUT2D eigenvalue weighted by Gasteiger charge is 2.51. The van der Waals surface area contributed by atoms with Crippen molar-refractivity contribution in [3.8, 4) is 0 Å². The summed E-state index contributed by atoms with van der Waals surface area (Å²) in [6, 6.07) is 11.5. The molecule has 2 aromatic rings. The average molecular weight is 462 g/mol. The maximum Gasteiger partial charge on any atom is 0.261 e. The second kappa shape index (κ2) is 9.56. The SMILES string of the molecule is O=C(NCCCN1CCOCC1)C1(c2ccc(NS(=O)(=O)c3ccc(F)cc3)cc2)CC1. The summed E-state index contributed by atoms with van der Waals surface area (Å²) >= 11 is 0. The van der Waals surface area contributed by atoms with Crippen molar-refractivity contribution in [2.45, 2.75) is 29.6 Å². The smallest absolute Gasteiger partial charge is 0.261 e. The summed E-state index contributed by atoms with van der Waals surface area (Å²) in [6.45, 7) is 4.99. The average Bonchev–Trinajstić information content (AvgIpc) is 3.60. The van der Waals surface area contributed by atoms with E-state index in [9.17, 15) is 17.6 Å². The van der Waals surface area contributed by atoms with E-state index in [1.165, 1.54) is 12.1 Å². The molecule has 0 unspecified atom stereocenters. The first-order valence-electron chi connectivity index (χ1n) is 10.9. The van der Waals surface area contributed by atoms with Gasteiger partial charge in [-0.05, 0) is 67.8 Å². The number of anilines is 1. The van der Waals surface area contributed by atoms with Crippen molar-refractivity contribution in [1.82, 2.24) is 10.2 Å². The summed E-state index contributed by atoms with van der Waals surface area (Å²) in [5.74, 6) is -0.471. The summed E-state index contributed by atoms with van der Waals surface area (Å²) < 4.78 is 45.8. The molecule has 2 aromatic carbocycles. The van der Waals surface area contributed by atoms with Gasteiger partial charge in [0.15, 0.2) is 0 Å². The molecule has 2 N–H and O–H groups in total. The summed E-state index contributed by atoms with van der Waals surface area (Å²) in [7, 11) is -3.81. The van der Waals surface area contributed by atoms with E-state index in [1.54, 1.807) is 24.3 Å². The Bertz CT molecular complexity index is 1030. The van der Waals surface area contributed by atoms with Crippen LogP contribution in [0.3, 0.4) is 0 Å². The van der Waals surface area contributed by atoms with Gasteiger partial charge < -0.3 is 10.1 Å². The predicted molar refractivity (Wildman–Crippen MR) is 119 cm³/mol. The van der Waals surface area contributed by atoms with Gasteiger partial charge in [-0.2, -0.15) is 0 Å². The molecule has 1 heterocycles. The molecule has 1 aliphatic carbocycles. The molecular weight excluding hydrogens is 433 g/mol. The van der Waals surface area contributed by atoms with Gasteiger partial charge in [-0.1, -0.05) is 12.1 Å². The first-order chi connectivity index (χ1) is 15.4. The molecule has 7 nitrogen and oxygen atoms in total. The van der Waals surface area contributed by atoms with Gasteiger partial charge in [-0.15, -0.1) is 0 Å². The van der Waals surface area contributed by atoms with Crippen molar-refractivity contribution in [1.29, 1.82) is 0 Å². The van der Waals surface area contributed by atoms with Gasteiger partial charge in [0.05, 0.1) is 23.5 Å². The molecule has 2 fully saturated rings. The Kier molecular flexibility index (Phi) is 6.78. The fraction of sp³-hybridized carbons (Fsp3) is 0.435. The van der Waals surface area contributed by atoms with E-state index >= 15 is 0 Å². The van der Waals surface area contributed by atoms with Crippen LogP contribution in [0.15, 0.2) is 53.4 Å². The second-order valence-corrected chi connectivity index (χ2v) is 9.96. The number of hydrogen-bond donors (Lipinski definition) is 2. The summed E-state index contributed by atoms with van der Waals surface area (Å²) in [5.41, 5.74) is 0.751. The molecule has 1 aliphatic heterocycles. The number of nitrogens with zero attached hydrogens (tertiary/aromatic N) is 1. The molecule has 0 aromatic heterocycles. The van der Waals surface area contributed by atoms with Crippen molar-refractivity contribution in [3.05, 3.63) is 59.9 Å². The molecule has 9 heteroatoms. The number of carbonyl (C=O) groups excluding carboxylic acids is 1. The number of halogens is 1. The highest BCUT2D eigenvalue weighted by atomic mass is 32.2. The molecule has 1 amide bonds. The first kappa shape index (κ1) is 22.7. The molecule has 2 aliphatic rings. The van der Waals surface area contributed by atoms with Gasteiger partial charge in [0.25, 0.3) is 10.0 Å². The van der Waals surface area contributed by atoms with Crippen LogP contribution < -0.4 is 10.0 Å². The third kappa shape index (κ3) is 5.28. The largest absolute Gasteiger partial charge is 0.379 e. The molecule has 1 saturated heterocycles. The predicted octanol–water partition coefficient (Wildman–Crippen LogP) is 2.50. The lowest BCUT2D eigenvalue weighted by Gasteiger charge is -2.26. The number of carbonyl (C=O) groups is 1. The van der Waals surface area contributed by atoms with Crippen LogP contribution in [0.1, 0.15) is 24.8 Å². The van der Waals surface area contributed by atoms with Crippen molar-refractivity contribution in [3.63, 3.8) is 0 Å². The normalized spacial score (nSPS) is 18.2. The zero-order chi connectivity index (χ0) is 22.6. The fourth-order valence-electron chi connectivity index (χ4n) is 3.96. The van der Waals surface area contributed by atoms with Crippen molar-refractivity contribution in [2.75, 3.05) is 44.1 Å². The molecule has 0 bridgehead atoms. The monoisotopic (exact) mass is 461 g/mol. The molecule has 32 heavy (non-hydrogen) atoms. The van der Waals surface area contributed by atoms with Crippen LogP contribution in [-0.4, -0.2) is 58.6 Å². The standard InChI is InChI=1S/C23H28FN3O4S/c24-19-4-8-21(9-5-19)32(29,30)26-20-6-2-18(3-7-20)23(10-11-23)22(28)25-12-1-13-27-14-16-31-17-15-27/h2-9,26H,1,10-17H2,(H,25,28). The summed E-state index contributed by atoms with van der Waals surface area (Å²) in [4.78, 5) is 15.1. The Morgan fingerprint density at radius 2 is 1.69 bits per heavy atom. The van der Waals surface area contributed by atoms with Crippen LogP contribution >= 0.6 is 0 Å². The fourth-order valence-corrected chi connectivity index (χ4v) is 5.01. The van der Waals surface area contributed by atoms with Crippen LogP contribution in [0.4, 0.5) is 10.1 Å². The van der Waals surface area contributed by atoms with Gasteiger partial charge >= 0.3 is 0 Å². The third-order valence-electron chi connectivity index (χ3n) is 6.04. The Morgan fingerprint density at radius 3 is 2.31 bits per heavy atom. The maximum absolute atomic E-state index is 13.1. The van der Waals surface area contributed by atoms with Crippen LogP contribution in [0, 0.1) is 5.82 Å². The van der Waals surface area contributed by atoms with Gasteiger partial charge in [-0.25, -0.2) is 12.8 Å². The molecule has 172 valence electrons. The van der Waals surface area contributed by atoms with Crippen LogP contribution in [0.25, 0.3) is 0 Å². The van der Waals surface area contributed by atoms with Gasteiger partial charge in [0.1, 0.15) is 5.82 Å². The maximum atomic E-state index is 13.1. The van der Waals surface area contributed by atoms with Gasteiger partial charge in [-0.3, -0.25) is 14.4 Å². The highest BCUT2D eigenvalue weighted by Crippen LogP contribution is 2.48. The molecule has 0 spiro atoms. The number of sulfonamides is 1. The van der Waals surface area contributed by atoms with Gasteiger partial charge in [0, 0.05) is 25.3 Å². The van der Waals surface area contributed by atoms with E-state index < -0.39 is 21.3 Å². The van der Waals surface area contributed by atoms with E-state index in [2.05, 4.69) is 14.9 Å². The number of amides is 1. The Balaban J connectivity index is 1.31. The third-order valence-corrected chi connectivity index (χ3v) is 7.44. The lowest BCUT2D eigenvalue weighted by atomic mass is 9.95. The zero-order valence-corrected chi connectivity index (χ0v) is 18.7. The quantitative estimate of drug-likeness (QED) is 0.561. The van der Waals surface area contributed by atoms with E-state index in [4.69, 9.17) is 4.74 Å². The number of ether oxygens (including phenoxy) is 1. The van der Waals surface area contributed by atoms with Crippen LogP contribution in [-0.2, 0) is 25.0 Å². The summed E-state index contributed by atoms with van der Waals surface area (Å²) in [5, 5.41) is 3.06. The summed E-state index contributed by atoms with van der Waals surface area (Å²) in [6.07, 6.45) is 2.46. The number of nitrogens with one attached hydrogen (secondary N) is 2. The van der Waals surface area contributed by atoms with Crippen molar-refractivity contribution >= 4 is 21.6 Å². The number of hydrogen-bond acceptors (Lipinski definition) is 5. The van der Waals surface area contributed by atoms with Gasteiger partial charge in [0.2, 0.25) is 5.91 Å². The number of rotatable bonds is 9. The zero-order valence-electron chi connectivity index (χ0n) is 17.8. The first-order valence-corrected chi connectivity index (χ1v) is 12.3. The highest BCUT2D eigenvalue weighted by molar-refractivity contribution is 7.92. The van der Waals surface area contributed by atoms with Crippen LogP contribution in [0.5, 0.6) is 0 Å². The van der Waals surface area contributed by atoms with Crippen molar-refractivity contribution in [2.24, 2.45) is 0 Å². The molecule has 1 saturated carbocycles. The molecule has 0 atom stereocenters. The van der Waals surface area contributed by atoms with E-state index in [1.807, 2.05) is 0 Å². The van der Waals surface area contributed by atoms with E-state index in [0.29, 0.717) is 12.2 Å². The lowest BCUT2D eigenvalue weighted by molar-refractivity contribution is -0.123. The van der Waals surface area contributed by atoms with Crippen molar-refractivity contribution < 1.29 is 22.3 Å². The lowest BCUT2D eigenvalue weighted by Crippen LogP contribution is -2.39. The molecular formula is C23H28FN3O4S. The Labute approximate surface area is 188 Å². The Hall–Kier alpha value is -2.49.